The minimum Gasteiger partial charge on any atom is -0.460 e. The van der Waals surface area contributed by atoms with Gasteiger partial charge in [0.25, 0.3) is 0 Å². The van der Waals surface area contributed by atoms with Gasteiger partial charge in [-0.15, -0.1) is 0 Å². The maximum atomic E-state index is 6.74. The van der Waals surface area contributed by atoms with E-state index in [0.717, 1.165) is 45.4 Å². The van der Waals surface area contributed by atoms with E-state index in [2.05, 4.69) is 146 Å². The van der Waals surface area contributed by atoms with Crippen LogP contribution in [-0.2, 0) is 0 Å². The number of allylic oxidation sites excluding steroid dienone is 6. The van der Waals surface area contributed by atoms with Crippen LogP contribution < -0.4 is 0 Å². The van der Waals surface area contributed by atoms with E-state index < -0.39 is 0 Å². The molecule has 51 heavy (non-hydrogen) atoms. The monoisotopic (exact) mass is 655 g/mol. The fourth-order valence-corrected chi connectivity index (χ4v) is 7.89. The molecule has 5 aromatic carbocycles. The van der Waals surface area contributed by atoms with Crippen molar-refractivity contribution in [1.29, 1.82) is 0 Å². The van der Waals surface area contributed by atoms with Crippen LogP contribution in [0.15, 0.2) is 168 Å². The smallest absolute Gasteiger partial charge is 0.164 e. The SMILES string of the molecule is C1=CC2C=Cc3ccc(-c4nc(C5=CCC(c6ccc(-c7ccccc7)cc6)c6oc7ccccc7c65)nc(-c5ccccc5)n4)cc3C2C=C1. The van der Waals surface area contributed by atoms with Crippen molar-refractivity contribution in [1.82, 2.24) is 15.0 Å². The van der Waals surface area contributed by atoms with Gasteiger partial charge in [0.15, 0.2) is 17.5 Å². The molecule has 0 saturated carbocycles. The molecule has 10 rings (SSSR count). The predicted molar refractivity (Wildman–Crippen MR) is 206 cm³/mol. The summed E-state index contributed by atoms with van der Waals surface area (Å²) >= 11 is 0. The quantitative estimate of drug-likeness (QED) is 0.185. The molecule has 0 spiro atoms. The van der Waals surface area contributed by atoms with E-state index in [1.165, 1.54) is 27.8 Å². The van der Waals surface area contributed by atoms with E-state index in [1.807, 2.05) is 24.3 Å². The summed E-state index contributed by atoms with van der Waals surface area (Å²) in [6, 6.07) is 44.6. The van der Waals surface area contributed by atoms with Gasteiger partial charge in [0.2, 0.25) is 0 Å². The highest BCUT2D eigenvalue weighted by atomic mass is 16.3. The molecule has 2 heterocycles. The topological polar surface area (TPSA) is 51.8 Å². The van der Waals surface area contributed by atoms with Crippen LogP contribution in [-0.4, -0.2) is 15.0 Å². The van der Waals surface area contributed by atoms with Gasteiger partial charge >= 0.3 is 0 Å². The predicted octanol–water partition coefficient (Wildman–Crippen LogP) is 11.4. The third kappa shape index (κ3) is 5.19. The summed E-state index contributed by atoms with van der Waals surface area (Å²) in [7, 11) is 0. The number of aromatic nitrogens is 3. The van der Waals surface area contributed by atoms with Crippen LogP contribution in [0, 0.1) is 5.92 Å². The summed E-state index contributed by atoms with van der Waals surface area (Å²) in [5.74, 6) is 3.64. The molecule has 242 valence electrons. The zero-order chi connectivity index (χ0) is 33.7. The molecule has 0 radical (unpaired) electrons. The maximum absolute atomic E-state index is 6.74. The van der Waals surface area contributed by atoms with Crippen LogP contribution in [0.1, 0.15) is 52.1 Å². The van der Waals surface area contributed by atoms with Gasteiger partial charge < -0.3 is 4.42 Å². The summed E-state index contributed by atoms with van der Waals surface area (Å²) in [5.41, 5.74) is 11.0. The zero-order valence-corrected chi connectivity index (χ0v) is 27.9. The fraction of sp³-hybridized carbons (Fsp3) is 0.0851. The van der Waals surface area contributed by atoms with Gasteiger partial charge in [0, 0.05) is 45.4 Å². The number of nitrogens with zero attached hydrogens (tertiary/aromatic N) is 3. The Balaban J connectivity index is 1.11. The lowest BCUT2D eigenvalue weighted by Crippen LogP contribution is -2.14. The van der Waals surface area contributed by atoms with Crippen LogP contribution in [0.4, 0.5) is 0 Å². The molecule has 4 nitrogen and oxygen atoms in total. The Morgan fingerprint density at radius 3 is 2.06 bits per heavy atom. The molecule has 0 fully saturated rings. The molecule has 3 atom stereocenters. The zero-order valence-electron chi connectivity index (χ0n) is 27.9. The number of furan rings is 1. The number of hydrogen-bond donors (Lipinski definition) is 0. The van der Waals surface area contributed by atoms with Gasteiger partial charge in [-0.25, -0.2) is 15.0 Å². The molecule has 4 heteroatoms. The van der Waals surface area contributed by atoms with Crippen molar-refractivity contribution in [3.63, 3.8) is 0 Å². The third-order valence-electron chi connectivity index (χ3n) is 10.5. The van der Waals surface area contributed by atoms with Crippen molar-refractivity contribution in [2.75, 3.05) is 0 Å². The Kier molecular flexibility index (Phi) is 7.05. The molecule has 3 aliphatic carbocycles. The summed E-state index contributed by atoms with van der Waals surface area (Å²) in [6.07, 6.45) is 16.5. The first kappa shape index (κ1) is 29.5. The largest absolute Gasteiger partial charge is 0.460 e. The summed E-state index contributed by atoms with van der Waals surface area (Å²) in [5, 5.41) is 1.07. The van der Waals surface area contributed by atoms with Crippen molar-refractivity contribution in [3.8, 4) is 33.9 Å². The van der Waals surface area contributed by atoms with Crippen molar-refractivity contribution >= 4 is 22.6 Å². The van der Waals surface area contributed by atoms with Crippen molar-refractivity contribution < 1.29 is 4.42 Å². The number of para-hydroxylation sites is 1. The average molecular weight is 656 g/mol. The van der Waals surface area contributed by atoms with Crippen LogP contribution in [0.25, 0.3) is 56.5 Å². The highest BCUT2D eigenvalue weighted by Crippen LogP contribution is 2.46. The maximum Gasteiger partial charge on any atom is 0.164 e. The first-order valence-corrected chi connectivity index (χ1v) is 17.6. The molecule has 0 amide bonds. The first-order valence-electron chi connectivity index (χ1n) is 17.6. The second kappa shape index (κ2) is 12.2. The molecular weight excluding hydrogens is 623 g/mol. The molecule has 7 aromatic rings. The Morgan fingerprint density at radius 1 is 0.569 bits per heavy atom. The van der Waals surface area contributed by atoms with Gasteiger partial charge in [0.05, 0.1) is 0 Å². The fourth-order valence-electron chi connectivity index (χ4n) is 7.89. The van der Waals surface area contributed by atoms with Crippen molar-refractivity contribution in [3.05, 3.63) is 198 Å². The Labute approximate surface area is 296 Å². The minimum absolute atomic E-state index is 0.0649. The van der Waals surface area contributed by atoms with E-state index in [0.29, 0.717) is 29.3 Å². The molecule has 0 aliphatic heterocycles. The highest BCUT2D eigenvalue weighted by Gasteiger charge is 2.32. The Morgan fingerprint density at radius 2 is 1.24 bits per heavy atom. The lowest BCUT2D eigenvalue weighted by Gasteiger charge is -2.27. The number of hydrogen-bond acceptors (Lipinski definition) is 4. The summed E-state index contributed by atoms with van der Waals surface area (Å²) < 4.78 is 6.74. The highest BCUT2D eigenvalue weighted by molar-refractivity contribution is 5.97. The number of benzene rings is 5. The van der Waals surface area contributed by atoms with E-state index in [4.69, 9.17) is 19.4 Å². The Bertz CT molecular complexity index is 2560. The molecule has 3 unspecified atom stereocenters. The summed E-state index contributed by atoms with van der Waals surface area (Å²) in [4.78, 5) is 15.5. The summed E-state index contributed by atoms with van der Waals surface area (Å²) in [6.45, 7) is 0. The standard InChI is InChI=1S/C47H33N3O/c1-3-11-30(12-4-1)31-19-21-33(22-20-31)38-27-28-40(43-39-17-9-10-18-42(39)51-44(38)43)47-49-45(35-14-5-2-6-15-35)48-46(50-47)36-26-25-34-24-23-32-13-7-8-16-37(32)41(34)29-36/h1-26,28-29,32,37-38H,27H2. The second-order valence-electron chi connectivity index (χ2n) is 13.5. The van der Waals surface area contributed by atoms with Crippen molar-refractivity contribution in [2.24, 2.45) is 5.92 Å². The minimum atomic E-state index is 0.0649. The molecule has 0 bridgehead atoms. The van der Waals surface area contributed by atoms with E-state index >= 15 is 0 Å². The molecule has 3 aliphatic rings. The normalized spacial score (nSPS) is 18.6. The number of rotatable bonds is 5. The third-order valence-corrected chi connectivity index (χ3v) is 10.5. The van der Waals surface area contributed by atoms with Gasteiger partial charge in [0.1, 0.15) is 11.3 Å². The molecule has 0 N–H and O–H groups in total. The first-order chi connectivity index (χ1) is 25.3. The molecule has 2 aromatic heterocycles. The Hall–Kier alpha value is -6.39. The average Bonchev–Trinajstić information content (AvgIpc) is 3.61. The lowest BCUT2D eigenvalue weighted by atomic mass is 9.77. The lowest BCUT2D eigenvalue weighted by molar-refractivity contribution is 0.515. The van der Waals surface area contributed by atoms with Crippen LogP contribution in [0.2, 0.25) is 0 Å². The van der Waals surface area contributed by atoms with Crippen LogP contribution >= 0.6 is 0 Å². The molecule has 0 saturated heterocycles. The van der Waals surface area contributed by atoms with Gasteiger partial charge in [-0.05, 0) is 46.4 Å². The second-order valence-corrected chi connectivity index (χ2v) is 13.5. The van der Waals surface area contributed by atoms with E-state index in [1.54, 1.807) is 0 Å². The van der Waals surface area contributed by atoms with Gasteiger partial charge in [-0.2, -0.15) is 0 Å². The van der Waals surface area contributed by atoms with E-state index in [9.17, 15) is 0 Å². The van der Waals surface area contributed by atoms with Gasteiger partial charge in [-0.1, -0.05) is 158 Å². The number of fused-ring (bicyclic) bond motifs is 6. The van der Waals surface area contributed by atoms with Crippen molar-refractivity contribution in [2.45, 2.75) is 18.3 Å². The van der Waals surface area contributed by atoms with Gasteiger partial charge in [-0.3, -0.25) is 0 Å². The van der Waals surface area contributed by atoms with E-state index in [-0.39, 0.29) is 5.92 Å². The molecular formula is C47H33N3O. The van der Waals surface area contributed by atoms with Crippen LogP contribution in [0.5, 0.6) is 0 Å². The van der Waals surface area contributed by atoms with Crippen LogP contribution in [0.3, 0.4) is 0 Å².